The highest BCUT2D eigenvalue weighted by molar-refractivity contribution is 7.55. The van der Waals surface area contributed by atoms with Gasteiger partial charge < -0.3 is 9.05 Å². The van der Waals surface area contributed by atoms with Crippen molar-refractivity contribution in [3.05, 3.63) is 29.8 Å². The second-order valence-electron chi connectivity index (χ2n) is 2.93. The summed E-state index contributed by atoms with van der Waals surface area (Å²) in [5.41, 5.74) is 1.26. The molecule has 1 aromatic rings. The summed E-state index contributed by atoms with van der Waals surface area (Å²) in [4.78, 5) is 0. The molecule has 0 heterocycles. The standard InChI is InChI=1S/C11H17O2P.C2H6/c1-4-12-14(13-5-2)11-8-6-10(3)7-9-11;1-2/h6-9H,4-5H2,1-3H3;1-2H3. The van der Waals surface area contributed by atoms with Crippen molar-refractivity contribution in [2.75, 3.05) is 13.2 Å². The van der Waals surface area contributed by atoms with Crippen LogP contribution in [0, 0.1) is 6.92 Å². The van der Waals surface area contributed by atoms with Crippen LogP contribution >= 0.6 is 8.38 Å². The predicted octanol–water partition coefficient (Wildman–Crippen LogP) is 4.03. The molecule has 3 heteroatoms. The smallest absolute Gasteiger partial charge is 0.205 e. The maximum atomic E-state index is 5.55. The zero-order valence-electron chi connectivity index (χ0n) is 11.0. The summed E-state index contributed by atoms with van der Waals surface area (Å²) in [6.45, 7) is 11.4. The number of rotatable bonds is 5. The Morgan fingerprint density at radius 1 is 0.938 bits per heavy atom. The van der Waals surface area contributed by atoms with Crippen molar-refractivity contribution in [1.29, 1.82) is 0 Å². The van der Waals surface area contributed by atoms with E-state index in [2.05, 4.69) is 31.2 Å². The summed E-state index contributed by atoms with van der Waals surface area (Å²) in [5.74, 6) is 0. The van der Waals surface area contributed by atoms with Crippen molar-refractivity contribution >= 4 is 13.7 Å². The molecule has 0 aromatic heterocycles. The third-order valence-corrected chi connectivity index (χ3v) is 3.44. The molecule has 0 fully saturated rings. The van der Waals surface area contributed by atoms with Crippen LogP contribution in [-0.4, -0.2) is 13.2 Å². The van der Waals surface area contributed by atoms with E-state index in [4.69, 9.17) is 9.05 Å². The fourth-order valence-electron chi connectivity index (χ4n) is 1.09. The molecule has 0 spiro atoms. The minimum absolute atomic E-state index is 0.694. The van der Waals surface area contributed by atoms with Gasteiger partial charge in [0.15, 0.2) is 0 Å². The van der Waals surface area contributed by atoms with Crippen LogP contribution in [0.5, 0.6) is 0 Å². The second kappa shape index (κ2) is 9.77. The number of hydrogen-bond acceptors (Lipinski definition) is 2. The van der Waals surface area contributed by atoms with E-state index in [0.29, 0.717) is 13.2 Å². The molecule has 0 aliphatic heterocycles. The summed E-state index contributed by atoms with van der Waals surface area (Å²) < 4.78 is 11.1. The molecule has 0 unspecified atom stereocenters. The Balaban J connectivity index is 0.00000106. The molecule has 16 heavy (non-hydrogen) atoms. The van der Waals surface area contributed by atoms with Crippen LogP contribution in [-0.2, 0) is 9.05 Å². The molecule has 0 aliphatic rings. The first kappa shape index (κ1) is 15.6. The highest BCUT2D eigenvalue weighted by atomic mass is 31.2. The summed E-state index contributed by atoms with van der Waals surface area (Å²) in [6.07, 6.45) is 0. The molecule has 0 saturated carbocycles. The molecule has 0 atom stereocenters. The largest absolute Gasteiger partial charge is 0.331 e. The van der Waals surface area contributed by atoms with E-state index in [-0.39, 0.29) is 0 Å². The first-order valence-electron chi connectivity index (χ1n) is 5.90. The summed E-state index contributed by atoms with van der Waals surface area (Å²) in [5, 5.41) is 1.15. The van der Waals surface area contributed by atoms with Crippen LogP contribution in [0.2, 0.25) is 0 Å². The lowest BCUT2D eigenvalue weighted by atomic mass is 10.2. The van der Waals surface area contributed by atoms with Gasteiger partial charge in [-0.2, -0.15) is 0 Å². The Hall–Kier alpha value is -0.430. The molecule has 2 nitrogen and oxygen atoms in total. The SMILES string of the molecule is CC.CCOP(OCC)c1ccc(C)cc1. The first-order chi connectivity index (χ1) is 7.77. The molecule has 92 valence electrons. The molecule has 0 N–H and O–H groups in total. The van der Waals surface area contributed by atoms with E-state index in [9.17, 15) is 0 Å². The average molecular weight is 242 g/mol. The van der Waals surface area contributed by atoms with Crippen molar-refractivity contribution in [2.24, 2.45) is 0 Å². The molecule has 0 aliphatic carbocycles. The Morgan fingerprint density at radius 2 is 1.38 bits per heavy atom. The summed E-state index contributed by atoms with van der Waals surface area (Å²) in [7, 11) is -0.868. The van der Waals surface area contributed by atoms with Crippen molar-refractivity contribution in [3.63, 3.8) is 0 Å². The van der Waals surface area contributed by atoms with Gasteiger partial charge >= 0.3 is 0 Å². The fourth-order valence-corrected chi connectivity index (χ4v) is 2.32. The van der Waals surface area contributed by atoms with Crippen LogP contribution in [0.4, 0.5) is 0 Å². The van der Waals surface area contributed by atoms with Crippen molar-refractivity contribution in [2.45, 2.75) is 34.6 Å². The van der Waals surface area contributed by atoms with E-state index >= 15 is 0 Å². The third kappa shape index (κ3) is 5.60. The van der Waals surface area contributed by atoms with Gasteiger partial charge in [-0.05, 0) is 32.9 Å². The second-order valence-corrected chi connectivity index (χ2v) is 4.48. The van der Waals surface area contributed by atoms with E-state index in [0.717, 1.165) is 5.30 Å². The monoisotopic (exact) mass is 242 g/mol. The van der Waals surface area contributed by atoms with Crippen molar-refractivity contribution < 1.29 is 9.05 Å². The number of benzene rings is 1. The molecule has 0 radical (unpaired) electrons. The minimum Gasteiger partial charge on any atom is -0.331 e. The van der Waals surface area contributed by atoms with Crippen molar-refractivity contribution in [3.8, 4) is 0 Å². The Kier molecular flexibility index (Phi) is 9.51. The topological polar surface area (TPSA) is 18.5 Å². The van der Waals surface area contributed by atoms with Gasteiger partial charge in [-0.15, -0.1) is 0 Å². The fraction of sp³-hybridized carbons (Fsp3) is 0.538. The average Bonchev–Trinajstić information content (AvgIpc) is 2.32. The number of aryl methyl sites for hydroxylation is 1. The zero-order chi connectivity index (χ0) is 12.4. The summed E-state index contributed by atoms with van der Waals surface area (Å²) in [6, 6.07) is 8.32. The molecule has 0 amide bonds. The van der Waals surface area contributed by atoms with Gasteiger partial charge in [0.05, 0.1) is 13.2 Å². The van der Waals surface area contributed by atoms with Gasteiger partial charge in [0.1, 0.15) is 0 Å². The molecule has 0 saturated heterocycles. The van der Waals surface area contributed by atoms with Gasteiger partial charge in [-0.25, -0.2) is 0 Å². The minimum atomic E-state index is -0.868. The van der Waals surface area contributed by atoms with Gasteiger partial charge in [0.2, 0.25) is 8.38 Å². The molecule has 1 rings (SSSR count). The van der Waals surface area contributed by atoms with E-state index in [1.165, 1.54) is 5.56 Å². The lowest BCUT2D eigenvalue weighted by Gasteiger charge is -2.15. The molecular formula is C13H23O2P. The quantitative estimate of drug-likeness (QED) is 0.726. The Morgan fingerprint density at radius 3 is 1.75 bits per heavy atom. The van der Waals surface area contributed by atoms with Crippen LogP contribution in [0.25, 0.3) is 0 Å². The van der Waals surface area contributed by atoms with Crippen LogP contribution in [0.1, 0.15) is 33.3 Å². The van der Waals surface area contributed by atoms with Gasteiger partial charge in [0.25, 0.3) is 0 Å². The van der Waals surface area contributed by atoms with E-state index < -0.39 is 8.38 Å². The van der Waals surface area contributed by atoms with Crippen LogP contribution in [0.3, 0.4) is 0 Å². The normalized spacial score (nSPS) is 9.88. The van der Waals surface area contributed by atoms with Crippen LogP contribution in [0.15, 0.2) is 24.3 Å². The van der Waals surface area contributed by atoms with Crippen LogP contribution < -0.4 is 5.30 Å². The Bertz CT molecular complexity index is 253. The van der Waals surface area contributed by atoms with Crippen molar-refractivity contribution in [1.82, 2.24) is 0 Å². The predicted molar refractivity (Wildman–Crippen MR) is 72.3 cm³/mol. The Labute approximate surface area is 101 Å². The first-order valence-corrected chi connectivity index (χ1v) is 7.08. The highest BCUT2D eigenvalue weighted by Crippen LogP contribution is 2.36. The van der Waals surface area contributed by atoms with Gasteiger partial charge in [-0.3, -0.25) is 0 Å². The zero-order valence-corrected chi connectivity index (χ0v) is 11.9. The lowest BCUT2D eigenvalue weighted by Crippen LogP contribution is -2.05. The van der Waals surface area contributed by atoms with E-state index in [1.54, 1.807) is 0 Å². The van der Waals surface area contributed by atoms with Gasteiger partial charge in [-0.1, -0.05) is 31.5 Å². The molecule has 0 bridgehead atoms. The molecule has 1 aromatic carbocycles. The highest BCUT2D eigenvalue weighted by Gasteiger charge is 2.11. The van der Waals surface area contributed by atoms with Gasteiger partial charge in [0, 0.05) is 5.30 Å². The maximum Gasteiger partial charge on any atom is 0.205 e. The summed E-state index contributed by atoms with van der Waals surface area (Å²) >= 11 is 0. The van der Waals surface area contributed by atoms with E-state index in [1.807, 2.05) is 27.7 Å². The number of hydrogen-bond donors (Lipinski definition) is 0. The molecular weight excluding hydrogens is 219 g/mol. The third-order valence-electron chi connectivity index (χ3n) is 1.74. The maximum absolute atomic E-state index is 5.55. The lowest BCUT2D eigenvalue weighted by molar-refractivity contribution is 0.277.